The fraction of sp³-hybridized carbons (Fsp3) is 0.333. The molecule has 0 spiro atoms. The van der Waals surface area contributed by atoms with Crippen LogP contribution in [0.4, 0.5) is 0 Å². The van der Waals surface area contributed by atoms with Gasteiger partial charge in [0.15, 0.2) is 0 Å². The normalized spacial score (nSPS) is 12.3. The molecule has 2 aromatic rings. The smallest absolute Gasteiger partial charge is 0.336 e. The van der Waals surface area contributed by atoms with Crippen molar-refractivity contribution in [3.63, 3.8) is 0 Å². The molecule has 0 amide bonds. The number of hydrogen-bond donors (Lipinski definition) is 0. The highest BCUT2D eigenvalue weighted by Crippen LogP contribution is 2.28. The van der Waals surface area contributed by atoms with Crippen molar-refractivity contribution >= 4 is 16.9 Å². The maximum atomic E-state index is 11.4. The van der Waals surface area contributed by atoms with E-state index in [4.69, 9.17) is 9.15 Å². The number of fused-ring (bicyclic) bond motifs is 1. The number of carboxylic acids is 1. The number of carboxylic acid groups (broad SMARTS) is 1. The van der Waals surface area contributed by atoms with Crippen LogP contribution in [0.25, 0.3) is 11.0 Å². The van der Waals surface area contributed by atoms with Gasteiger partial charge in [-0.1, -0.05) is 6.92 Å². The predicted molar refractivity (Wildman–Crippen MR) is 71.7 cm³/mol. The molecule has 0 unspecified atom stereocenters. The molecule has 1 atom stereocenters. The molecule has 0 aliphatic heterocycles. The van der Waals surface area contributed by atoms with E-state index in [0.717, 1.165) is 16.5 Å². The van der Waals surface area contributed by atoms with Crippen LogP contribution in [-0.4, -0.2) is 12.1 Å². The first kappa shape index (κ1) is 14.1. The molecular weight excluding hydrogens is 260 g/mol. The molecule has 0 aliphatic rings. The standard InChI is InChI=1S/C15H16O5/c1-4-10-6-11-8(2)5-14(16)20-13(11)7-12(10)19-9(3)15(17)18/h5-7,9H,4H2,1-3H3,(H,17,18)/p-1/t9-/m0/s1. The largest absolute Gasteiger partial charge is 0.546 e. The third-order valence-electron chi connectivity index (χ3n) is 3.15. The minimum atomic E-state index is -1.29. The molecule has 1 aromatic carbocycles. The molecule has 0 bridgehead atoms. The van der Waals surface area contributed by atoms with E-state index in [9.17, 15) is 14.7 Å². The molecule has 0 radical (unpaired) electrons. The second-order valence-electron chi connectivity index (χ2n) is 4.64. The Morgan fingerprint density at radius 1 is 1.40 bits per heavy atom. The Morgan fingerprint density at radius 3 is 2.70 bits per heavy atom. The van der Waals surface area contributed by atoms with E-state index in [-0.39, 0.29) is 0 Å². The monoisotopic (exact) mass is 275 g/mol. The highest BCUT2D eigenvalue weighted by molar-refractivity contribution is 5.82. The van der Waals surface area contributed by atoms with Crippen molar-refractivity contribution in [2.24, 2.45) is 0 Å². The van der Waals surface area contributed by atoms with E-state index in [1.807, 2.05) is 19.9 Å². The minimum absolute atomic E-state index is 0.382. The summed E-state index contributed by atoms with van der Waals surface area (Å²) in [6, 6.07) is 4.83. The van der Waals surface area contributed by atoms with E-state index >= 15 is 0 Å². The molecule has 5 heteroatoms. The molecule has 0 saturated carbocycles. The van der Waals surface area contributed by atoms with Crippen LogP contribution in [0.3, 0.4) is 0 Å². The Labute approximate surface area is 115 Å². The zero-order chi connectivity index (χ0) is 14.9. The third kappa shape index (κ3) is 2.66. The Morgan fingerprint density at radius 2 is 2.10 bits per heavy atom. The van der Waals surface area contributed by atoms with Crippen LogP contribution >= 0.6 is 0 Å². The van der Waals surface area contributed by atoms with Gasteiger partial charge in [-0.05, 0) is 37.5 Å². The average molecular weight is 275 g/mol. The molecule has 1 heterocycles. The fourth-order valence-electron chi connectivity index (χ4n) is 2.02. The first-order valence-corrected chi connectivity index (χ1v) is 6.37. The molecule has 0 saturated heterocycles. The molecule has 0 fully saturated rings. The highest BCUT2D eigenvalue weighted by atomic mass is 16.5. The number of hydrogen-bond acceptors (Lipinski definition) is 5. The van der Waals surface area contributed by atoms with Gasteiger partial charge in [-0.25, -0.2) is 4.79 Å². The summed E-state index contributed by atoms with van der Waals surface area (Å²) in [5, 5.41) is 11.6. The van der Waals surface area contributed by atoms with Gasteiger partial charge in [0, 0.05) is 17.5 Å². The van der Waals surface area contributed by atoms with E-state index in [1.165, 1.54) is 13.0 Å². The zero-order valence-electron chi connectivity index (χ0n) is 11.6. The lowest BCUT2D eigenvalue weighted by Gasteiger charge is -2.18. The van der Waals surface area contributed by atoms with Crippen molar-refractivity contribution < 1.29 is 19.1 Å². The van der Waals surface area contributed by atoms with Gasteiger partial charge in [-0.2, -0.15) is 0 Å². The molecule has 0 aliphatic carbocycles. The number of benzene rings is 1. The number of aliphatic carboxylic acids is 1. The van der Waals surface area contributed by atoms with Gasteiger partial charge in [-0.15, -0.1) is 0 Å². The van der Waals surface area contributed by atoms with E-state index in [2.05, 4.69) is 0 Å². The van der Waals surface area contributed by atoms with Crippen LogP contribution < -0.4 is 15.5 Å². The molecule has 106 valence electrons. The summed E-state index contributed by atoms with van der Waals surface area (Å²) in [7, 11) is 0. The van der Waals surface area contributed by atoms with Gasteiger partial charge in [-0.3, -0.25) is 0 Å². The highest BCUT2D eigenvalue weighted by Gasteiger charge is 2.12. The van der Waals surface area contributed by atoms with Crippen molar-refractivity contribution in [2.45, 2.75) is 33.3 Å². The van der Waals surface area contributed by atoms with Gasteiger partial charge in [0.1, 0.15) is 17.4 Å². The summed E-state index contributed by atoms with van der Waals surface area (Å²) in [4.78, 5) is 22.2. The Bertz CT molecular complexity index is 714. The summed E-state index contributed by atoms with van der Waals surface area (Å²) in [6.45, 7) is 5.15. The van der Waals surface area contributed by atoms with Gasteiger partial charge < -0.3 is 19.1 Å². The summed E-state index contributed by atoms with van der Waals surface area (Å²) in [5.74, 6) is -0.900. The van der Waals surface area contributed by atoms with Crippen molar-refractivity contribution in [1.82, 2.24) is 0 Å². The lowest BCUT2D eigenvalue weighted by molar-refractivity contribution is -0.312. The fourth-order valence-corrected chi connectivity index (χ4v) is 2.02. The number of rotatable bonds is 4. The lowest BCUT2D eigenvalue weighted by Crippen LogP contribution is -2.37. The van der Waals surface area contributed by atoms with Gasteiger partial charge in [0.2, 0.25) is 0 Å². The van der Waals surface area contributed by atoms with E-state index in [1.54, 1.807) is 6.07 Å². The summed E-state index contributed by atoms with van der Waals surface area (Å²) >= 11 is 0. The third-order valence-corrected chi connectivity index (χ3v) is 3.15. The van der Waals surface area contributed by atoms with Crippen LogP contribution in [0.5, 0.6) is 5.75 Å². The van der Waals surface area contributed by atoms with Crippen molar-refractivity contribution in [3.8, 4) is 5.75 Å². The van der Waals surface area contributed by atoms with Crippen LogP contribution in [0.15, 0.2) is 27.4 Å². The van der Waals surface area contributed by atoms with Gasteiger partial charge >= 0.3 is 5.63 Å². The summed E-state index contributed by atoms with van der Waals surface area (Å²) in [5.41, 5.74) is 1.60. The Kier molecular flexibility index (Phi) is 3.79. The maximum Gasteiger partial charge on any atom is 0.336 e. The zero-order valence-corrected chi connectivity index (χ0v) is 11.6. The second-order valence-corrected chi connectivity index (χ2v) is 4.64. The van der Waals surface area contributed by atoms with Crippen LogP contribution in [0.2, 0.25) is 0 Å². The topological polar surface area (TPSA) is 79.6 Å². The Hall–Kier alpha value is -2.30. The molecule has 20 heavy (non-hydrogen) atoms. The van der Waals surface area contributed by atoms with Gasteiger partial charge in [0.05, 0.1) is 5.97 Å². The first-order chi connectivity index (χ1) is 9.42. The second kappa shape index (κ2) is 5.36. The molecule has 5 nitrogen and oxygen atoms in total. The number of carbonyl (C=O) groups excluding carboxylic acids is 1. The van der Waals surface area contributed by atoms with E-state index < -0.39 is 17.7 Å². The minimum Gasteiger partial charge on any atom is -0.546 e. The maximum absolute atomic E-state index is 11.4. The molecule has 0 N–H and O–H groups in total. The van der Waals surface area contributed by atoms with Crippen molar-refractivity contribution in [3.05, 3.63) is 39.7 Å². The molecule has 1 aromatic heterocycles. The average Bonchev–Trinajstić information content (AvgIpc) is 2.37. The number of ether oxygens (including phenoxy) is 1. The van der Waals surface area contributed by atoms with Gasteiger partial charge in [0.25, 0.3) is 0 Å². The number of aryl methyl sites for hydroxylation is 2. The summed E-state index contributed by atoms with van der Waals surface area (Å²) < 4.78 is 10.5. The lowest BCUT2D eigenvalue weighted by atomic mass is 10.1. The van der Waals surface area contributed by atoms with Crippen LogP contribution in [0, 0.1) is 6.92 Å². The van der Waals surface area contributed by atoms with E-state index in [0.29, 0.717) is 17.8 Å². The van der Waals surface area contributed by atoms with Crippen LogP contribution in [-0.2, 0) is 11.2 Å². The first-order valence-electron chi connectivity index (χ1n) is 6.37. The Balaban J connectivity index is 2.59. The quantitative estimate of drug-likeness (QED) is 0.783. The predicted octanol–water partition coefficient (Wildman–Crippen LogP) is 1.18. The molecule has 2 rings (SSSR count). The van der Waals surface area contributed by atoms with Crippen molar-refractivity contribution in [1.29, 1.82) is 0 Å². The number of carbonyl (C=O) groups is 1. The van der Waals surface area contributed by atoms with Crippen molar-refractivity contribution in [2.75, 3.05) is 0 Å². The molecular formula is C15H15O5-. The SMILES string of the molecule is CCc1cc2c(C)cc(=O)oc2cc1O[C@@H](C)C(=O)[O-]. The summed E-state index contributed by atoms with van der Waals surface area (Å²) in [6.07, 6.45) is -0.404. The van der Waals surface area contributed by atoms with Crippen LogP contribution in [0.1, 0.15) is 25.0 Å².